The normalized spacial score (nSPS) is 27.1. The van der Waals surface area contributed by atoms with Crippen LogP contribution in [-0.4, -0.2) is 34.9 Å². The number of rotatable bonds is 3. The minimum absolute atomic E-state index is 0.173. The average molecular weight is 260 g/mol. The third-order valence-electron chi connectivity index (χ3n) is 4.27. The first-order valence-electron chi connectivity index (χ1n) is 6.94. The van der Waals surface area contributed by atoms with Crippen molar-refractivity contribution in [3.63, 3.8) is 0 Å². The van der Waals surface area contributed by atoms with E-state index in [9.17, 15) is 4.79 Å². The van der Waals surface area contributed by atoms with Crippen LogP contribution >= 0.6 is 0 Å². The van der Waals surface area contributed by atoms with Crippen molar-refractivity contribution in [1.29, 1.82) is 0 Å². The summed E-state index contributed by atoms with van der Waals surface area (Å²) in [5.41, 5.74) is 7.88. The lowest BCUT2D eigenvalue weighted by Gasteiger charge is -2.36. The number of nitrogens with one attached hydrogen (secondary N) is 1. The number of fused-ring (bicyclic) bond motifs is 1. The summed E-state index contributed by atoms with van der Waals surface area (Å²) in [4.78, 5) is 18.5. The number of carbonyl (C=O) groups is 1. The maximum absolute atomic E-state index is 11.8. The molecule has 5 heteroatoms. The van der Waals surface area contributed by atoms with Crippen LogP contribution in [0, 0.1) is 5.92 Å². The van der Waals surface area contributed by atoms with Crippen molar-refractivity contribution < 1.29 is 4.79 Å². The summed E-state index contributed by atoms with van der Waals surface area (Å²) in [6.45, 7) is 3.14. The fourth-order valence-electron chi connectivity index (χ4n) is 3.25. The number of aromatic nitrogens is 1. The molecule has 3 N–H and O–H groups in total. The highest BCUT2D eigenvalue weighted by atomic mass is 16.2. The predicted molar refractivity (Wildman–Crippen MR) is 72.1 cm³/mol. The Labute approximate surface area is 113 Å². The zero-order valence-corrected chi connectivity index (χ0v) is 11.0. The molecule has 3 rings (SSSR count). The van der Waals surface area contributed by atoms with Crippen molar-refractivity contribution >= 4 is 5.91 Å². The SMILES string of the molecule is NCc1ncccc1CN1CCCC2C(=O)NCC21. The van der Waals surface area contributed by atoms with Gasteiger partial charge in [0.05, 0.1) is 11.6 Å². The minimum Gasteiger partial charge on any atom is -0.354 e. The summed E-state index contributed by atoms with van der Waals surface area (Å²) < 4.78 is 0. The Morgan fingerprint density at radius 2 is 2.42 bits per heavy atom. The van der Waals surface area contributed by atoms with E-state index < -0.39 is 0 Å². The Hall–Kier alpha value is -1.46. The number of amides is 1. The fraction of sp³-hybridized carbons (Fsp3) is 0.571. The van der Waals surface area contributed by atoms with Crippen LogP contribution in [0.5, 0.6) is 0 Å². The molecule has 19 heavy (non-hydrogen) atoms. The summed E-state index contributed by atoms with van der Waals surface area (Å²) in [6, 6.07) is 4.38. The maximum Gasteiger partial charge on any atom is 0.224 e. The van der Waals surface area contributed by atoms with E-state index in [-0.39, 0.29) is 11.8 Å². The number of carbonyl (C=O) groups excluding carboxylic acids is 1. The molecule has 0 bridgehead atoms. The van der Waals surface area contributed by atoms with E-state index >= 15 is 0 Å². The predicted octanol–water partition coefficient (Wildman–Crippen LogP) is 0.251. The molecule has 0 radical (unpaired) electrons. The number of nitrogens with zero attached hydrogens (tertiary/aromatic N) is 2. The van der Waals surface area contributed by atoms with Crippen molar-refractivity contribution in [3.05, 3.63) is 29.6 Å². The monoisotopic (exact) mass is 260 g/mol. The molecular formula is C14H20N4O. The Bertz CT molecular complexity index is 476. The van der Waals surface area contributed by atoms with E-state index in [0.29, 0.717) is 12.6 Å². The smallest absolute Gasteiger partial charge is 0.224 e. The molecule has 0 aliphatic carbocycles. The van der Waals surface area contributed by atoms with Gasteiger partial charge in [0.25, 0.3) is 0 Å². The second-order valence-corrected chi connectivity index (χ2v) is 5.35. The molecule has 1 aromatic rings. The van der Waals surface area contributed by atoms with Crippen LogP contribution in [0.2, 0.25) is 0 Å². The van der Waals surface area contributed by atoms with Gasteiger partial charge in [0.2, 0.25) is 5.91 Å². The van der Waals surface area contributed by atoms with Crippen LogP contribution in [0.15, 0.2) is 18.3 Å². The van der Waals surface area contributed by atoms with E-state index in [0.717, 1.165) is 38.2 Å². The van der Waals surface area contributed by atoms with Crippen molar-refractivity contribution in [2.45, 2.75) is 32.0 Å². The van der Waals surface area contributed by atoms with Crippen molar-refractivity contribution in [2.75, 3.05) is 13.1 Å². The quantitative estimate of drug-likeness (QED) is 0.817. The van der Waals surface area contributed by atoms with Gasteiger partial charge in [-0.25, -0.2) is 0 Å². The standard InChI is InChI=1S/C14H20N4O/c15-7-12-10(3-1-5-16-12)9-18-6-2-4-11-13(18)8-17-14(11)19/h1,3,5,11,13H,2,4,6-9,15H2,(H,17,19). The Morgan fingerprint density at radius 1 is 1.53 bits per heavy atom. The lowest BCUT2D eigenvalue weighted by molar-refractivity contribution is -0.124. The van der Waals surface area contributed by atoms with E-state index in [2.05, 4.69) is 21.3 Å². The molecule has 2 atom stereocenters. The number of nitrogens with two attached hydrogens (primary N) is 1. The van der Waals surface area contributed by atoms with E-state index in [1.54, 1.807) is 6.20 Å². The summed E-state index contributed by atoms with van der Waals surface area (Å²) in [7, 11) is 0. The molecule has 1 amide bonds. The van der Waals surface area contributed by atoms with E-state index in [1.165, 1.54) is 5.56 Å². The Morgan fingerprint density at radius 3 is 3.26 bits per heavy atom. The van der Waals surface area contributed by atoms with Gasteiger partial charge in [-0.3, -0.25) is 14.7 Å². The van der Waals surface area contributed by atoms with Gasteiger partial charge in [0.15, 0.2) is 0 Å². The van der Waals surface area contributed by atoms with Gasteiger partial charge in [0, 0.05) is 31.9 Å². The van der Waals surface area contributed by atoms with Crippen LogP contribution < -0.4 is 11.1 Å². The van der Waals surface area contributed by atoms with E-state index in [4.69, 9.17) is 5.73 Å². The average Bonchev–Trinajstić information content (AvgIpc) is 2.82. The molecular weight excluding hydrogens is 240 g/mol. The van der Waals surface area contributed by atoms with Gasteiger partial charge in [-0.15, -0.1) is 0 Å². The van der Waals surface area contributed by atoms with Gasteiger partial charge >= 0.3 is 0 Å². The molecule has 1 aromatic heterocycles. The highest BCUT2D eigenvalue weighted by Gasteiger charge is 2.40. The van der Waals surface area contributed by atoms with Crippen molar-refractivity contribution in [3.8, 4) is 0 Å². The molecule has 2 fully saturated rings. The molecule has 102 valence electrons. The maximum atomic E-state index is 11.8. The molecule has 2 saturated heterocycles. The van der Waals surface area contributed by atoms with Gasteiger partial charge in [0.1, 0.15) is 0 Å². The number of hydrogen-bond donors (Lipinski definition) is 2. The third kappa shape index (κ3) is 2.35. The number of piperidine rings is 1. The minimum atomic E-state index is 0.173. The summed E-state index contributed by atoms with van der Waals surface area (Å²) in [5, 5.41) is 2.98. The van der Waals surface area contributed by atoms with Crippen LogP contribution in [0.3, 0.4) is 0 Å². The van der Waals surface area contributed by atoms with Crippen LogP contribution in [0.25, 0.3) is 0 Å². The number of hydrogen-bond acceptors (Lipinski definition) is 4. The van der Waals surface area contributed by atoms with E-state index in [1.807, 2.05) is 6.07 Å². The molecule has 5 nitrogen and oxygen atoms in total. The van der Waals surface area contributed by atoms with Gasteiger partial charge in [-0.1, -0.05) is 6.07 Å². The zero-order valence-electron chi connectivity index (χ0n) is 11.0. The molecule has 0 aromatic carbocycles. The van der Waals surface area contributed by atoms with Crippen molar-refractivity contribution in [2.24, 2.45) is 11.7 Å². The summed E-state index contributed by atoms with van der Waals surface area (Å²) in [5.74, 6) is 0.395. The third-order valence-corrected chi connectivity index (χ3v) is 4.27. The fourth-order valence-corrected chi connectivity index (χ4v) is 3.25. The Kier molecular flexibility index (Phi) is 3.48. The highest BCUT2D eigenvalue weighted by molar-refractivity contribution is 5.82. The zero-order chi connectivity index (χ0) is 13.2. The molecule has 3 heterocycles. The largest absolute Gasteiger partial charge is 0.354 e. The van der Waals surface area contributed by atoms with Crippen LogP contribution in [0.4, 0.5) is 0 Å². The number of pyridine rings is 1. The highest BCUT2D eigenvalue weighted by Crippen LogP contribution is 2.28. The van der Waals surface area contributed by atoms with Crippen LogP contribution in [-0.2, 0) is 17.9 Å². The van der Waals surface area contributed by atoms with Crippen LogP contribution in [0.1, 0.15) is 24.1 Å². The first kappa shape index (κ1) is 12.6. The first-order valence-corrected chi connectivity index (χ1v) is 6.94. The number of likely N-dealkylation sites (tertiary alicyclic amines) is 1. The molecule has 2 aliphatic heterocycles. The lowest BCUT2D eigenvalue weighted by Crippen LogP contribution is -2.45. The van der Waals surface area contributed by atoms with Gasteiger partial charge < -0.3 is 11.1 Å². The van der Waals surface area contributed by atoms with Crippen molar-refractivity contribution in [1.82, 2.24) is 15.2 Å². The second kappa shape index (κ2) is 5.27. The summed E-state index contributed by atoms with van der Waals surface area (Å²) in [6.07, 6.45) is 3.89. The lowest BCUT2D eigenvalue weighted by atomic mass is 9.91. The first-order chi connectivity index (χ1) is 9.29. The van der Waals surface area contributed by atoms with Gasteiger partial charge in [-0.2, -0.15) is 0 Å². The molecule has 2 aliphatic rings. The second-order valence-electron chi connectivity index (χ2n) is 5.35. The van der Waals surface area contributed by atoms with Gasteiger partial charge in [-0.05, 0) is 31.0 Å². The molecule has 0 saturated carbocycles. The molecule has 2 unspecified atom stereocenters. The topological polar surface area (TPSA) is 71.2 Å². The Balaban J connectivity index is 1.77. The summed E-state index contributed by atoms with van der Waals surface area (Å²) >= 11 is 0. The molecule has 0 spiro atoms.